The number of rotatable bonds is 12. The van der Waals surface area contributed by atoms with Crippen LogP contribution >= 0.6 is 0 Å². The molecule has 0 aliphatic carbocycles. The molecule has 0 saturated carbocycles. The van der Waals surface area contributed by atoms with Gasteiger partial charge in [0.15, 0.2) is 0 Å². The molecule has 43 heavy (non-hydrogen) atoms. The number of aromatic nitrogens is 2. The van der Waals surface area contributed by atoms with E-state index >= 15 is 0 Å². The highest BCUT2D eigenvalue weighted by atomic mass is 16.4. The zero-order valence-corrected chi connectivity index (χ0v) is 24.8. The highest BCUT2D eigenvalue weighted by Gasteiger charge is 2.26. The minimum Gasteiger partial charge on any atom is -0.481 e. The fourth-order valence-electron chi connectivity index (χ4n) is 5.58. The minimum absolute atomic E-state index is 0.0804. The predicted molar refractivity (Wildman–Crippen MR) is 165 cm³/mol. The van der Waals surface area contributed by atoms with Crippen molar-refractivity contribution >= 4 is 42.0 Å². The van der Waals surface area contributed by atoms with E-state index in [9.17, 15) is 29.4 Å². The number of H-pyrrole nitrogens is 2. The zero-order valence-electron chi connectivity index (χ0n) is 24.8. The van der Waals surface area contributed by atoms with Crippen LogP contribution in [-0.4, -0.2) is 43.9 Å². The molecule has 2 aromatic heterocycles. The normalized spacial score (nSPS) is 16.8. The Labute approximate surface area is 249 Å². The van der Waals surface area contributed by atoms with Crippen molar-refractivity contribution < 1.29 is 29.4 Å². The molecule has 0 unspecified atom stereocenters. The summed E-state index contributed by atoms with van der Waals surface area (Å²) in [5.41, 5.74) is 10.3. The van der Waals surface area contributed by atoms with Crippen molar-refractivity contribution in [2.75, 3.05) is 0 Å². The summed E-state index contributed by atoms with van der Waals surface area (Å²) in [6.07, 6.45) is 7.77. The number of carbonyl (C=O) groups is 4. The van der Waals surface area contributed by atoms with E-state index in [0.717, 1.165) is 44.9 Å². The molecular formula is C33H36N4O6. The Kier molecular flexibility index (Phi) is 8.89. The summed E-state index contributed by atoms with van der Waals surface area (Å²) in [5.74, 6) is -2.34. The number of carboxylic acid groups (broad SMARTS) is 2. The molecule has 0 atom stereocenters. The Morgan fingerprint density at radius 2 is 1.33 bits per heavy atom. The molecule has 224 valence electrons. The summed E-state index contributed by atoms with van der Waals surface area (Å²) < 4.78 is 0. The van der Waals surface area contributed by atoms with Crippen molar-refractivity contribution in [3.05, 3.63) is 97.9 Å². The summed E-state index contributed by atoms with van der Waals surface area (Å²) in [5, 5.41) is 24.3. The van der Waals surface area contributed by atoms with E-state index in [4.69, 9.17) is 0 Å². The number of hydrogen-bond acceptors (Lipinski definition) is 4. The molecule has 0 radical (unpaired) electrons. The van der Waals surface area contributed by atoms with Gasteiger partial charge in [-0.2, -0.15) is 0 Å². The third kappa shape index (κ3) is 6.23. The number of aliphatic carboxylic acids is 2. The smallest absolute Gasteiger partial charge is 0.303 e. The monoisotopic (exact) mass is 584 g/mol. The molecule has 0 fully saturated rings. The standard InChI is InChI=1S/C33H36N4O6/c1-7-20-16(3)24(14-27-21(8-2)18(5)32(42)36-27)34-26(20)13-25-17(4)22(9-11-30(38)39)28(35-25)15-29-23(10-12-31(40)41)19(6)33(43)37-29/h7-8,14-15,34-35H,1-2,9-13H2,3-6H3,(H,36,42)(H,37,43)(H,38,39)(H,40,41)/b27-14+,29-15+. The molecule has 2 aromatic rings. The molecule has 2 aliphatic heterocycles. The highest BCUT2D eigenvalue weighted by molar-refractivity contribution is 6.02. The Bertz CT molecular complexity index is 1710. The van der Waals surface area contributed by atoms with Gasteiger partial charge in [0.05, 0.1) is 5.70 Å². The van der Waals surface area contributed by atoms with E-state index in [-0.39, 0.29) is 37.5 Å². The van der Waals surface area contributed by atoms with Crippen molar-refractivity contribution in [1.29, 1.82) is 0 Å². The minimum atomic E-state index is -0.962. The maximum Gasteiger partial charge on any atom is 0.303 e. The Hall–Kier alpha value is -5.12. The predicted octanol–water partition coefficient (Wildman–Crippen LogP) is 4.84. The lowest BCUT2D eigenvalue weighted by molar-refractivity contribution is -0.138. The summed E-state index contributed by atoms with van der Waals surface area (Å²) in [6.45, 7) is 15.1. The second-order valence-electron chi connectivity index (χ2n) is 10.7. The van der Waals surface area contributed by atoms with E-state index in [1.165, 1.54) is 0 Å². The van der Waals surface area contributed by atoms with Crippen LogP contribution in [0.5, 0.6) is 0 Å². The van der Waals surface area contributed by atoms with Gasteiger partial charge in [0, 0.05) is 64.5 Å². The fourth-order valence-corrected chi connectivity index (χ4v) is 5.58. The fraction of sp³-hybridized carbons (Fsp3) is 0.273. The second-order valence-corrected chi connectivity index (χ2v) is 10.7. The average Bonchev–Trinajstić information content (AvgIpc) is 3.59. The maximum absolute atomic E-state index is 12.5. The van der Waals surface area contributed by atoms with Gasteiger partial charge in [-0.15, -0.1) is 0 Å². The molecule has 0 saturated heterocycles. The molecular weight excluding hydrogens is 548 g/mol. The van der Waals surface area contributed by atoms with Crippen LogP contribution < -0.4 is 10.6 Å². The van der Waals surface area contributed by atoms with Crippen LogP contribution in [0.3, 0.4) is 0 Å². The summed E-state index contributed by atoms with van der Waals surface area (Å²) in [7, 11) is 0. The van der Waals surface area contributed by atoms with Crippen LogP contribution in [-0.2, 0) is 32.0 Å². The van der Waals surface area contributed by atoms with Gasteiger partial charge in [0.2, 0.25) is 0 Å². The highest BCUT2D eigenvalue weighted by Crippen LogP contribution is 2.32. The number of carboxylic acids is 2. The van der Waals surface area contributed by atoms with Gasteiger partial charge in [-0.1, -0.05) is 25.3 Å². The first-order chi connectivity index (χ1) is 20.4. The van der Waals surface area contributed by atoms with Crippen molar-refractivity contribution in [2.24, 2.45) is 0 Å². The van der Waals surface area contributed by atoms with Gasteiger partial charge in [-0.25, -0.2) is 0 Å². The molecule has 0 bridgehead atoms. The average molecular weight is 585 g/mol. The molecule has 4 rings (SSSR count). The zero-order chi connectivity index (χ0) is 31.6. The third-order valence-corrected chi connectivity index (χ3v) is 8.10. The van der Waals surface area contributed by atoms with E-state index < -0.39 is 11.9 Å². The number of nitrogens with one attached hydrogen (secondary N) is 4. The SMILES string of the molecule is C=CC1=C(C)C(=O)N/C1=C/c1[nH]c(Cc2[nH]c(/C=C3/NC(=O)C(C)=C3CCC(=O)O)c(CCC(=O)O)c2C)c(C=C)c1C. The Balaban J connectivity index is 1.75. The molecule has 2 aliphatic rings. The van der Waals surface area contributed by atoms with Crippen molar-refractivity contribution in [3.63, 3.8) is 0 Å². The third-order valence-electron chi connectivity index (χ3n) is 8.10. The van der Waals surface area contributed by atoms with E-state index in [0.29, 0.717) is 40.2 Å². The first kappa shape index (κ1) is 30.8. The Morgan fingerprint density at radius 3 is 1.95 bits per heavy atom. The van der Waals surface area contributed by atoms with Crippen LogP contribution in [0.2, 0.25) is 0 Å². The van der Waals surface area contributed by atoms with Gasteiger partial charge in [-0.05, 0) is 80.5 Å². The number of aromatic amines is 2. The maximum atomic E-state index is 12.5. The lowest BCUT2D eigenvalue weighted by atomic mass is 9.99. The van der Waals surface area contributed by atoms with Crippen LogP contribution in [0.4, 0.5) is 0 Å². The molecule has 6 N–H and O–H groups in total. The van der Waals surface area contributed by atoms with Gasteiger partial charge in [-0.3, -0.25) is 19.2 Å². The van der Waals surface area contributed by atoms with Gasteiger partial charge < -0.3 is 30.8 Å². The van der Waals surface area contributed by atoms with E-state index in [2.05, 4.69) is 33.8 Å². The van der Waals surface area contributed by atoms with Crippen molar-refractivity contribution in [3.8, 4) is 0 Å². The van der Waals surface area contributed by atoms with Crippen LogP contribution in [0.25, 0.3) is 18.2 Å². The quantitative estimate of drug-likeness (QED) is 0.209. The summed E-state index contributed by atoms with van der Waals surface area (Å²) in [4.78, 5) is 54.3. The van der Waals surface area contributed by atoms with Gasteiger partial charge in [0.25, 0.3) is 11.8 Å². The van der Waals surface area contributed by atoms with E-state index in [1.807, 2.05) is 19.9 Å². The summed E-state index contributed by atoms with van der Waals surface area (Å²) in [6, 6.07) is 0. The molecule has 10 nitrogen and oxygen atoms in total. The van der Waals surface area contributed by atoms with Crippen LogP contribution in [0.1, 0.15) is 78.1 Å². The molecule has 4 heterocycles. The van der Waals surface area contributed by atoms with Crippen LogP contribution in [0.15, 0.2) is 52.9 Å². The Morgan fingerprint density at radius 1 is 0.744 bits per heavy atom. The van der Waals surface area contributed by atoms with Crippen LogP contribution in [0, 0.1) is 13.8 Å². The first-order valence-corrected chi connectivity index (χ1v) is 13.9. The van der Waals surface area contributed by atoms with Crippen molar-refractivity contribution in [2.45, 2.75) is 59.8 Å². The van der Waals surface area contributed by atoms with Gasteiger partial charge in [0.1, 0.15) is 0 Å². The molecule has 0 aromatic carbocycles. The number of allylic oxidation sites excluding steroid dienone is 2. The first-order valence-electron chi connectivity index (χ1n) is 13.9. The van der Waals surface area contributed by atoms with E-state index in [1.54, 1.807) is 32.1 Å². The lowest BCUT2D eigenvalue weighted by Crippen LogP contribution is -2.15. The molecule has 2 amide bonds. The van der Waals surface area contributed by atoms with Gasteiger partial charge >= 0.3 is 11.9 Å². The topological polar surface area (TPSA) is 164 Å². The number of carbonyl (C=O) groups excluding carboxylic acids is 2. The number of hydrogen-bond donors (Lipinski definition) is 6. The largest absolute Gasteiger partial charge is 0.481 e. The lowest BCUT2D eigenvalue weighted by Gasteiger charge is -2.06. The molecule has 0 spiro atoms. The number of amides is 2. The molecule has 10 heteroatoms. The summed E-state index contributed by atoms with van der Waals surface area (Å²) >= 11 is 0. The second kappa shape index (κ2) is 12.4. The van der Waals surface area contributed by atoms with Crippen molar-refractivity contribution in [1.82, 2.24) is 20.6 Å².